The number of anilines is 4. The number of nitrogens with one attached hydrogen (secondary N) is 1. The summed E-state index contributed by atoms with van der Waals surface area (Å²) in [7, 11) is 0. The maximum absolute atomic E-state index is 4.76. The Labute approximate surface area is 165 Å². The van der Waals surface area contributed by atoms with Crippen molar-refractivity contribution in [1.29, 1.82) is 0 Å². The minimum Gasteiger partial charge on any atom is -0.353 e. The Morgan fingerprint density at radius 2 is 1.54 bits per heavy atom. The maximum atomic E-state index is 4.76. The fourth-order valence-electron chi connectivity index (χ4n) is 3.31. The van der Waals surface area contributed by atoms with Gasteiger partial charge in [-0.15, -0.1) is 0 Å². The van der Waals surface area contributed by atoms with Crippen molar-refractivity contribution in [2.45, 2.75) is 20.8 Å². The molecule has 0 bridgehead atoms. The third-order valence-corrected chi connectivity index (χ3v) is 5.04. The van der Waals surface area contributed by atoms with Crippen LogP contribution in [0.4, 0.5) is 23.4 Å². The van der Waals surface area contributed by atoms with Crippen LogP contribution in [0.2, 0.25) is 0 Å². The van der Waals surface area contributed by atoms with Gasteiger partial charge in [-0.1, -0.05) is 6.07 Å². The van der Waals surface area contributed by atoms with Gasteiger partial charge in [0.1, 0.15) is 5.82 Å². The Kier molecular flexibility index (Phi) is 5.06. The van der Waals surface area contributed by atoms with E-state index in [1.54, 1.807) is 12.4 Å². The number of rotatable bonds is 4. The van der Waals surface area contributed by atoms with Gasteiger partial charge in [0.2, 0.25) is 11.9 Å². The van der Waals surface area contributed by atoms with Crippen molar-refractivity contribution in [1.82, 2.24) is 19.9 Å². The molecule has 0 amide bonds. The highest BCUT2D eigenvalue weighted by Gasteiger charge is 2.20. The van der Waals surface area contributed by atoms with E-state index in [0.717, 1.165) is 49.3 Å². The molecule has 1 aromatic carbocycles. The van der Waals surface area contributed by atoms with Gasteiger partial charge in [0.05, 0.1) is 0 Å². The molecule has 3 heterocycles. The number of piperazine rings is 1. The number of aryl methyl sites for hydroxylation is 3. The van der Waals surface area contributed by atoms with Crippen LogP contribution in [0.25, 0.3) is 0 Å². The van der Waals surface area contributed by atoms with E-state index in [1.165, 1.54) is 11.1 Å². The first kappa shape index (κ1) is 18.2. The zero-order valence-corrected chi connectivity index (χ0v) is 16.6. The lowest BCUT2D eigenvalue weighted by molar-refractivity contribution is 0.634. The van der Waals surface area contributed by atoms with E-state index >= 15 is 0 Å². The Morgan fingerprint density at radius 1 is 0.821 bits per heavy atom. The summed E-state index contributed by atoms with van der Waals surface area (Å²) in [6.07, 6.45) is 3.57. The van der Waals surface area contributed by atoms with Crippen LogP contribution in [-0.2, 0) is 0 Å². The molecule has 7 nitrogen and oxygen atoms in total. The Balaban J connectivity index is 1.47. The van der Waals surface area contributed by atoms with Crippen molar-refractivity contribution in [3.8, 4) is 0 Å². The first-order valence-corrected chi connectivity index (χ1v) is 9.55. The molecule has 0 aliphatic carbocycles. The van der Waals surface area contributed by atoms with Crippen molar-refractivity contribution in [3.63, 3.8) is 0 Å². The lowest BCUT2D eigenvalue weighted by atomic mass is 10.1. The molecule has 1 aliphatic heterocycles. The average Bonchev–Trinajstić information content (AvgIpc) is 2.71. The highest BCUT2D eigenvalue weighted by Crippen LogP contribution is 2.22. The summed E-state index contributed by atoms with van der Waals surface area (Å²) in [6, 6.07) is 10.2. The summed E-state index contributed by atoms with van der Waals surface area (Å²) in [6.45, 7) is 9.71. The zero-order valence-electron chi connectivity index (χ0n) is 16.6. The largest absolute Gasteiger partial charge is 0.353 e. The lowest BCUT2D eigenvalue weighted by Crippen LogP contribution is -2.47. The number of hydrogen-bond acceptors (Lipinski definition) is 7. The molecule has 3 aromatic rings. The van der Waals surface area contributed by atoms with Crippen LogP contribution >= 0.6 is 0 Å². The molecule has 28 heavy (non-hydrogen) atoms. The van der Waals surface area contributed by atoms with Gasteiger partial charge in [-0.2, -0.15) is 4.98 Å². The molecule has 0 atom stereocenters. The van der Waals surface area contributed by atoms with Gasteiger partial charge in [0, 0.05) is 56.0 Å². The number of benzene rings is 1. The average molecular weight is 375 g/mol. The highest BCUT2D eigenvalue weighted by molar-refractivity contribution is 5.58. The minimum atomic E-state index is 0.632. The van der Waals surface area contributed by atoms with E-state index in [4.69, 9.17) is 4.98 Å². The van der Waals surface area contributed by atoms with Gasteiger partial charge in [0.25, 0.3) is 0 Å². The van der Waals surface area contributed by atoms with Gasteiger partial charge in [-0.05, 0) is 50.1 Å². The first-order valence-electron chi connectivity index (χ1n) is 9.55. The van der Waals surface area contributed by atoms with Crippen molar-refractivity contribution in [2.24, 2.45) is 0 Å². The smallest absolute Gasteiger partial charge is 0.229 e. The van der Waals surface area contributed by atoms with Crippen LogP contribution in [-0.4, -0.2) is 46.1 Å². The molecular weight excluding hydrogens is 350 g/mol. The van der Waals surface area contributed by atoms with Crippen molar-refractivity contribution < 1.29 is 0 Å². The van der Waals surface area contributed by atoms with E-state index < -0.39 is 0 Å². The summed E-state index contributed by atoms with van der Waals surface area (Å²) < 4.78 is 0. The van der Waals surface area contributed by atoms with Crippen molar-refractivity contribution in [3.05, 3.63) is 59.5 Å². The molecular formula is C21H25N7. The predicted octanol–water partition coefficient (Wildman–Crippen LogP) is 3.26. The molecule has 0 saturated carbocycles. The molecule has 1 fully saturated rings. The third-order valence-electron chi connectivity index (χ3n) is 5.04. The molecule has 0 unspecified atom stereocenters. The van der Waals surface area contributed by atoms with E-state index in [9.17, 15) is 0 Å². The Bertz CT molecular complexity index is 950. The van der Waals surface area contributed by atoms with Crippen LogP contribution in [0.3, 0.4) is 0 Å². The van der Waals surface area contributed by atoms with Gasteiger partial charge in [-0.3, -0.25) is 0 Å². The van der Waals surface area contributed by atoms with Gasteiger partial charge < -0.3 is 15.1 Å². The molecule has 1 N–H and O–H groups in total. The standard InChI is InChI=1S/C21H25N7/c1-15-5-6-18(13-16(15)2)25-20-24-17(3)14-19(26-20)27-9-11-28(12-10-27)21-22-7-4-8-23-21/h4-8,13-14H,9-12H2,1-3H3,(H,24,25,26). The quantitative estimate of drug-likeness (QED) is 0.750. The van der Waals surface area contributed by atoms with Gasteiger partial charge in [0.15, 0.2) is 0 Å². The molecule has 2 aromatic heterocycles. The fourth-order valence-corrected chi connectivity index (χ4v) is 3.31. The maximum Gasteiger partial charge on any atom is 0.229 e. The van der Waals surface area contributed by atoms with Crippen molar-refractivity contribution >= 4 is 23.4 Å². The summed E-state index contributed by atoms with van der Waals surface area (Å²) >= 11 is 0. The second-order valence-corrected chi connectivity index (χ2v) is 7.14. The second kappa shape index (κ2) is 7.80. The van der Waals surface area contributed by atoms with Crippen LogP contribution in [0.1, 0.15) is 16.8 Å². The second-order valence-electron chi connectivity index (χ2n) is 7.14. The molecule has 144 valence electrons. The van der Waals surface area contributed by atoms with Crippen LogP contribution < -0.4 is 15.1 Å². The van der Waals surface area contributed by atoms with Gasteiger partial charge >= 0.3 is 0 Å². The highest BCUT2D eigenvalue weighted by atomic mass is 15.3. The molecule has 1 saturated heterocycles. The first-order chi connectivity index (χ1) is 13.6. The number of nitrogens with zero attached hydrogens (tertiary/aromatic N) is 6. The van der Waals surface area contributed by atoms with Gasteiger partial charge in [-0.25, -0.2) is 15.0 Å². The zero-order chi connectivity index (χ0) is 19.5. The summed E-state index contributed by atoms with van der Waals surface area (Å²) in [5.74, 6) is 2.37. The molecule has 4 rings (SSSR count). The predicted molar refractivity (Wildman–Crippen MR) is 112 cm³/mol. The Hall–Kier alpha value is -3.22. The summed E-state index contributed by atoms with van der Waals surface area (Å²) in [5, 5.41) is 3.35. The third kappa shape index (κ3) is 4.03. The molecule has 0 radical (unpaired) electrons. The van der Waals surface area contributed by atoms with Crippen LogP contribution in [0.15, 0.2) is 42.7 Å². The van der Waals surface area contributed by atoms with E-state index in [0.29, 0.717) is 5.95 Å². The molecule has 1 aliphatic rings. The lowest BCUT2D eigenvalue weighted by Gasteiger charge is -2.35. The minimum absolute atomic E-state index is 0.632. The normalized spacial score (nSPS) is 14.2. The topological polar surface area (TPSA) is 70.1 Å². The summed E-state index contributed by atoms with van der Waals surface area (Å²) in [4.78, 5) is 22.5. The Morgan fingerprint density at radius 3 is 2.25 bits per heavy atom. The molecule has 7 heteroatoms. The number of aromatic nitrogens is 4. The fraction of sp³-hybridized carbons (Fsp3) is 0.333. The number of hydrogen-bond donors (Lipinski definition) is 1. The SMILES string of the molecule is Cc1cc(N2CCN(c3ncccn3)CC2)nc(Nc2ccc(C)c(C)c2)n1. The monoisotopic (exact) mass is 375 g/mol. The van der Waals surface area contributed by atoms with E-state index in [2.05, 4.69) is 62.1 Å². The van der Waals surface area contributed by atoms with E-state index in [-0.39, 0.29) is 0 Å². The van der Waals surface area contributed by atoms with Crippen molar-refractivity contribution in [2.75, 3.05) is 41.3 Å². The van der Waals surface area contributed by atoms with E-state index in [1.807, 2.05) is 19.1 Å². The summed E-state index contributed by atoms with van der Waals surface area (Å²) in [5.41, 5.74) is 4.48. The molecule has 0 spiro atoms. The van der Waals surface area contributed by atoms with Crippen LogP contribution in [0, 0.1) is 20.8 Å². The van der Waals surface area contributed by atoms with Crippen LogP contribution in [0.5, 0.6) is 0 Å².